The van der Waals surface area contributed by atoms with Gasteiger partial charge in [-0.2, -0.15) is 0 Å². The van der Waals surface area contributed by atoms with Gasteiger partial charge in [-0.25, -0.2) is 0 Å². The van der Waals surface area contributed by atoms with Crippen LogP contribution in [0.15, 0.2) is 28.1 Å². The van der Waals surface area contributed by atoms with Crippen LogP contribution >= 0.6 is 38.9 Å². The lowest BCUT2D eigenvalue weighted by Crippen LogP contribution is -1.74. The van der Waals surface area contributed by atoms with Gasteiger partial charge in [0.15, 0.2) is 0 Å². The third-order valence-electron chi connectivity index (χ3n) is 1.77. The maximum Gasteiger partial charge on any atom is 0.0488 e. The second kappa shape index (κ2) is 3.36. The second-order valence-corrected chi connectivity index (χ2v) is 4.54. The highest BCUT2D eigenvalue weighted by molar-refractivity contribution is 9.10. The minimum atomic E-state index is 0.586. The van der Waals surface area contributed by atoms with Crippen molar-refractivity contribution in [1.29, 1.82) is 0 Å². The molecule has 0 spiro atoms. The number of alkyl halides is 1. The summed E-state index contributed by atoms with van der Waals surface area (Å²) in [5, 5.41) is 3.38. The molecule has 0 atom stereocenters. The van der Waals surface area contributed by atoms with Crippen LogP contribution in [0, 0.1) is 0 Å². The van der Waals surface area contributed by atoms with Crippen molar-refractivity contribution in [1.82, 2.24) is 0 Å². The Morgan fingerprint density at radius 1 is 1.42 bits per heavy atom. The molecule has 2 aromatic rings. The molecule has 1 aromatic carbocycles. The average molecular weight is 262 g/mol. The van der Waals surface area contributed by atoms with Crippen LogP contribution in [0.3, 0.4) is 0 Å². The fourth-order valence-electron chi connectivity index (χ4n) is 1.21. The Labute approximate surface area is 88.3 Å². The highest BCUT2D eigenvalue weighted by Crippen LogP contribution is 2.32. The van der Waals surface area contributed by atoms with Crippen LogP contribution in [0.5, 0.6) is 0 Å². The molecular formula is C9H6BrClS. The molecule has 12 heavy (non-hydrogen) atoms. The van der Waals surface area contributed by atoms with Crippen molar-refractivity contribution >= 4 is 49.0 Å². The topological polar surface area (TPSA) is 0 Å². The summed E-state index contributed by atoms with van der Waals surface area (Å²) < 4.78 is 2.43. The largest absolute Gasteiger partial charge is 0.143 e. The maximum absolute atomic E-state index is 5.81. The summed E-state index contributed by atoms with van der Waals surface area (Å²) in [6.07, 6.45) is 0. The Kier molecular flexibility index (Phi) is 2.40. The number of rotatable bonds is 1. The number of hydrogen-bond acceptors (Lipinski definition) is 1. The van der Waals surface area contributed by atoms with E-state index in [4.69, 9.17) is 11.6 Å². The van der Waals surface area contributed by atoms with E-state index in [0.717, 1.165) is 4.47 Å². The smallest absolute Gasteiger partial charge is 0.0488 e. The molecule has 0 fully saturated rings. The molecule has 2 rings (SSSR count). The molecule has 1 aromatic heterocycles. The predicted octanol–water partition coefficient (Wildman–Crippen LogP) is 4.40. The van der Waals surface area contributed by atoms with Crippen LogP contribution < -0.4 is 0 Å². The number of fused-ring (bicyclic) bond motifs is 1. The normalized spacial score (nSPS) is 10.8. The molecule has 0 saturated carbocycles. The predicted molar refractivity (Wildman–Crippen MR) is 59.1 cm³/mol. The molecule has 0 nitrogen and oxygen atoms in total. The van der Waals surface area contributed by atoms with Gasteiger partial charge >= 0.3 is 0 Å². The Bertz CT molecular complexity index is 408. The standard InChI is InChI=1S/C9H6BrClS/c10-7-2-1-3-8-9(7)6(4-11)5-12-8/h1-3,5H,4H2. The van der Waals surface area contributed by atoms with Crippen molar-refractivity contribution in [3.05, 3.63) is 33.6 Å². The molecular weight excluding hydrogens is 256 g/mol. The summed E-state index contributed by atoms with van der Waals surface area (Å²) in [4.78, 5) is 0. The van der Waals surface area contributed by atoms with E-state index >= 15 is 0 Å². The van der Waals surface area contributed by atoms with E-state index < -0.39 is 0 Å². The molecule has 62 valence electrons. The second-order valence-electron chi connectivity index (χ2n) is 2.51. The minimum absolute atomic E-state index is 0.586. The van der Waals surface area contributed by atoms with Gasteiger partial charge in [0, 0.05) is 20.4 Å². The Morgan fingerprint density at radius 3 is 3.00 bits per heavy atom. The molecule has 0 aliphatic heterocycles. The van der Waals surface area contributed by atoms with Crippen molar-refractivity contribution in [3.8, 4) is 0 Å². The fraction of sp³-hybridized carbons (Fsp3) is 0.111. The van der Waals surface area contributed by atoms with E-state index in [0.29, 0.717) is 5.88 Å². The van der Waals surface area contributed by atoms with E-state index in [-0.39, 0.29) is 0 Å². The van der Waals surface area contributed by atoms with Crippen LogP contribution in [-0.4, -0.2) is 0 Å². The van der Waals surface area contributed by atoms with Gasteiger partial charge in [-0.05, 0) is 23.1 Å². The minimum Gasteiger partial charge on any atom is -0.143 e. The molecule has 3 heteroatoms. The fourth-order valence-corrected chi connectivity index (χ4v) is 3.25. The summed E-state index contributed by atoms with van der Waals surface area (Å²) in [5.41, 5.74) is 1.21. The van der Waals surface area contributed by atoms with Crippen LogP contribution in [0.25, 0.3) is 10.1 Å². The molecule has 0 amide bonds. The molecule has 0 unspecified atom stereocenters. The van der Waals surface area contributed by atoms with Crippen LogP contribution in [-0.2, 0) is 5.88 Å². The number of hydrogen-bond donors (Lipinski definition) is 0. The summed E-state index contributed by atoms with van der Waals surface area (Å²) in [5.74, 6) is 0.586. The van der Waals surface area contributed by atoms with Crippen molar-refractivity contribution in [2.24, 2.45) is 0 Å². The number of benzene rings is 1. The molecule has 0 N–H and O–H groups in total. The van der Waals surface area contributed by atoms with E-state index in [1.807, 2.05) is 12.1 Å². The third kappa shape index (κ3) is 1.28. The molecule has 0 aliphatic carbocycles. The first-order valence-electron chi connectivity index (χ1n) is 3.53. The quantitative estimate of drug-likeness (QED) is 0.667. The first kappa shape index (κ1) is 8.54. The van der Waals surface area contributed by atoms with Gasteiger partial charge in [0.2, 0.25) is 0 Å². The first-order valence-corrected chi connectivity index (χ1v) is 5.74. The Balaban J connectivity index is 2.83. The Hall–Kier alpha value is -0.0500. The van der Waals surface area contributed by atoms with Gasteiger partial charge in [0.25, 0.3) is 0 Å². The van der Waals surface area contributed by atoms with E-state index in [1.165, 1.54) is 15.6 Å². The molecule has 0 radical (unpaired) electrons. The lowest BCUT2D eigenvalue weighted by atomic mass is 10.2. The number of halogens is 2. The molecule has 0 saturated heterocycles. The SMILES string of the molecule is ClCc1csc2cccc(Br)c12. The van der Waals surface area contributed by atoms with Gasteiger partial charge < -0.3 is 0 Å². The lowest BCUT2D eigenvalue weighted by Gasteiger charge is -1.95. The van der Waals surface area contributed by atoms with E-state index in [2.05, 4.69) is 27.4 Å². The first-order chi connectivity index (χ1) is 5.83. The van der Waals surface area contributed by atoms with Crippen molar-refractivity contribution in [3.63, 3.8) is 0 Å². The van der Waals surface area contributed by atoms with Crippen molar-refractivity contribution in [2.75, 3.05) is 0 Å². The van der Waals surface area contributed by atoms with Gasteiger partial charge in [-0.1, -0.05) is 22.0 Å². The average Bonchev–Trinajstić information content (AvgIpc) is 2.49. The monoisotopic (exact) mass is 260 g/mol. The van der Waals surface area contributed by atoms with E-state index in [1.54, 1.807) is 11.3 Å². The van der Waals surface area contributed by atoms with Crippen LogP contribution in [0.1, 0.15) is 5.56 Å². The lowest BCUT2D eigenvalue weighted by molar-refractivity contribution is 1.49. The van der Waals surface area contributed by atoms with Gasteiger partial charge in [-0.3, -0.25) is 0 Å². The van der Waals surface area contributed by atoms with Gasteiger partial charge in [-0.15, -0.1) is 22.9 Å². The zero-order valence-corrected chi connectivity index (χ0v) is 9.34. The molecule has 1 heterocycles. The van der Waals surface area contributed by atoms with Gasteiger partial charge in [0.05, 0.1) is 0 Å². The maximum atomic E-state index is 5.81. The van der Waals surface area contributed by atoms with E-state index in [9.17, 15) is 0 Å². The zero-order valence-electron chi connectivity index (χ0n) is 6.18. The zero-order chi connectivity index (χ0) is 8.55. The van der Waals surface area contributed by atoms with Crippen LogP contribution in [0.2, 0.25) is 0 Å². The van der Waals surface area contributed by atoms with Crippen molar-refractivity contribution in [2.45, 2.75) is 5.88 Å². The molecule has 0 aliphatic rings. The summed E-state index contributed by atoms with van der Waals surface area (Å²) in [6, 6.07) is 6.20. The van der Waals surface area contributed by atoms with Crippen molar-refractivity contribution < 1.29 is 0 Å². The highest BCUT2D eigenvalue weighted by atomic mass is 79.9. The summed E-state index contributed by atoms with van der Waals surface area (Å²) >= 11 is 11.1. The Morgan fingerprint density at radius 2 is 2.25 bits per heavy atom. The third-order valence-corrected chi connectivity index (χ3v) is 3.71. The molecule has 0 bridgehead atoms. The number of thiophene rings is 1. The van der Waals surface area contributed by atoms with Crippen LogP contribution in [0.4, 0.5) is 0 Å². The summed E-state index contributed by atoms with van der Waals surface area (Å²) in [6.45, 7) is 0. The van der Waals surface area contributed by atoms with Gasteiger partial charge in [0.1, 0.15) is 0 Å². The summed E-state index contributed by atoms with van der Waals surface area (Å²) in [7, 11) is 0. The highest BCUT2D eigenvalue weighted by Gasteiger charge is 2.05.